The fraction of sp³-hybridized carbons (Fsp3) is 0.889. The Bertz CT molecular complexity index is 112. The first-order valence-corrected chi connectivity index (χ1v) is 4.54. The van der Waals surface area contributed by atoms with Gasteiger partial charge >= 0.3 is 0 Å². The van der Waals surface area contributed by atoms with Crippen molar-refractivity contribution in [3.63, 3.8) is 0 Å². The van der Waals surface area contributed by atoms with Crippen molar-refractivity contribution in [1.29, 1.82) is 0 Å². The van der Waals surface area contributed by atoms with Gasteiger partial charge in [-0.15, -0.1) is 0 Å². The number of hydrogen-bond donors (Lipinski definition) is 0. The van der Waals surface area contributed by atoms with E-state index in [-0.39, 0.29) is 0 Å². The molecule has 0 saturated heterocycles. The normalized spacial score (nSPS) is 9.73. The number of carbonyl (C=O) groups excluding carboxylic acids is 1. The van der Waals surface area contributed by atoms with Gasteiger partial charge in [-0.05, 0) is 19.8 Å². The lowest BCUT2D eigenvalue weighted by Gasteiger charge is -2.19. The Balaban J connectivity index is 3.71. The molecule has 0 aromatic heterocycles. The molecule has 0 heterocycles. The Morgan fingerprint density at radius 3 is 2.18 bits per heavy atom. The highest BCUT2D eigenvalue weighted by Crippen LogP contribution is 1.98. The second-order valence-corrected chi connectivity index (χ2v) is 2.72. The van der Waals surface area contributed by atoms with Crippen LogP contribution in [-0.4, -0.2) is 23.9 Å². The maximum absolute atomic E-state index is 11.3. The van der Waals surface area contributed by atoms with Crippen LogP contribution in [0.5, 0.6) is 0 Å². The highest BCUT2D eigenvalue weighted by molar-refractivity contribution is 5.75. The fourth-order valence-electron chi connectivity index (χ4n) is 1.10. The maximum atomic E-state index is 11.3. The quantitative estimate of drug-likeness (QED) is 0.598. The predicted octanol–water partition coefficient (Wildman–Crippen LogP) is 2.04. The molecule has 0 unspecified atom stereocenters. The minimum absolute atomic E-state index is 0.303. The van der Waals surface area contributed by atoms with Gasteiger partial charge in [-0.25, -0.2) is 0 Å². The summed E-state index contributed by atoms with van der Waals surface area (Å²) in [6.07, 6.45) is 2.72. The summed E-state index contributed by atoms with van der Waals surface area (Å²) in [6.45, 7) is 7.94. The Labute approximate surface area is 69.6 Å². The molecule has 0 aliphatic heterocycles. The highest BCUT2D eigenvalue weighted by Gasteiger charge is 2.07. The van der Waals surface area contributed by atoms with Crippen LogP contribution in [0.2, 0.25) is 0 Å². The monoisotopic (exact) mass is 157 g/mol. The molecule has 66 valence electrons. The highest BCUT2D eigenvalue weighted by atomic mass is 16.2. The summed E-state index contributed by atoms with van der Waals surface area (Å²) in [5.74, 6) is 0.303. The van der Waals surface area contributed by atoms with Crippen LogP contribution in [0.25, 0.3) is 0 Å². The molecule has 2 nitrogen and oxygen atoms in total. The van der Waals surface area contributed by atoms with Gasteiger partial charge in [0, 0.05) is 19.5 Å². The largest absolute Gasteiger partial charge is 0.343 e. The van der Waals surface area contributed by atoms with E-state index in [0.29, 0.717) is 12.3 Å². The van der Waals surface area contributed by atoms with E-state index >= 15 is 0 Å². The molecule has 11 heavy (non-hydrogen) atoms. The maximum Gasteiger partial charge on any atom is 0.222 e. The Morgan fingerprint density at radius 1 is 1.18 bits per heavy atom. The van der Waals surface area contributed by atoms with Crippen LogP contribution in [0.15, 0.2) is 0 Å². The molecule has 0 N–H and O–H groups in total. The summed E-state index contributed by atoms with van der Waals surface area (Å²) >= 11 is 0. The molecule has 0 atom stereocenters. The van der Waals surface area contributed by atoms with Crippen LogP contribution in [0.3, 0.4) is 0 Å². The van der Waals surface area contributed by atoms with Crippen LogP contribution in [0.1, 0.15) is 40.0 Å². The molecular weight excluding hydrogens is 138 g/mol. The molecule has 1 amide bonds. The standard InChI is InChI=1S/C9H19NO/c1-4-7-9(11)10(6-3)8-5-2/h4-8H2,1-3H3. The summed E-state index contributed by atoms with van der Waals surface area (Å²) in [6, 6.07) is 0. The van der Waals surface area contributed by atoms with Gasteiger partial charge < -0.3 is 4.90 Å². The average molecular weight is 157 g/mol. The van der Waals surface area contributed by atoms with E-state index < -0.39 is 0 Å². The van der Waals surface area contributed by atoms with E-state index in [0.717, 1.165) is 25.9 Å². The number of hydrogen-bond acceptors (Lipinski definition) is 1. The molecule has 0 bridgehead atoms. The third-order valence-corrected chi connectivity index (χ3v) is 1.69. The average Bonchev–Trinajstić information content (AvgIpc) is 2.00. The smallest absolute Gasteiger partial charge is 0.222 e. The van der Waals surface area contributed by atoms with Gasteiger partial charge in [-0.3, -0.25) is 4.79 Å². The van der Waals surface area contributed by atoms with Gasteiger partial charge in [-0.2, -0.15) is 0 Å². The van der Waals surface area contributed by atoms with Crippen LogP contribution < -0.4 is 0 Å². The third-order valence-electron chi connectivity index (χ3n) is 1.69. The number of nitrogens with zero attached hydrogens (tertiary/aromatic N) is 1. The van der Waals surface area contributed by atoms with Gasteiger partial charge in [0.25, 0.3) is 0 Å². The molecule has 0 radical (unpaired) electrons. The molecule has 0 aliphatic rings. The van der Waals surface area contributed by atoms with Crippen LogP contribution >= 0.6 is 0 Å². The van der Waals surface area contributed by atoms with Gasteiger partial charge in [0.05, 0.1) is 0 Å². The molecule has 0 spiro atoms. The van der Waals surface area contributed by atoms with Crippen LogP contribution in [0, 0.1) is 0 Å². The summed E-state index contributed by atoms with van der Waals surface area (Å²) in [5.41, 5.74) is 0. The van der Waals surface area contributed by atoms with Crippen molar-refractivity contribution in [2.75, 3.05) is 13.1 Å². The van der Waals surface area contributed by atoms with Crippen molar-refractivity contribution in [1.82, 2.24) is 4.90 Å². The van der Waals surface area contributed by atoms with E-state index in [1.165, 1.54) is 0 Å². The fourth-order valence-corrected chi connectivity index (χ4v) is 1.10. The third kappa shape index (κ3) is 4.02. The van der Waals surface area contributed by atoms with Crippen LogP contribution in [0.4, 0.5) is 0 Å². The van der Waals surface area contributed by atoms with Gasteiger partial charge in [-0.1, -0.05) is 13.8 Å². The lowest BCUT2D eigenvalue weighted by atomic mass is 10.3. The summed E-state index contributed by atoms with van der Waals surface area (Å²) in [4.78, 5) is 13.2. The second-order valence-electron chi connectivity index (χ2n) is 2.72. The minimum atomic E-state index is 0.303. The molecule has 0 saturated carbocycles. The van der Waals surface area contributed by atoms with Crippen molar-refractivity contribution in [3.05, 3.63) is 0 Å². The van der Waals surface area contributed by atoms with E-state index in [2.05, 4.69) is 6.92 Å². The zero-order chi connectivity index (χ0) is 8.69. The number of amides is 1. The lowest BCUT2D eigenvalue weighted by molar-refractivity contribution is -0.131. The lowest BCUT2D eigenvalue weighted by Crippen LogP contribution is -2.31. The molecule has 0 aliphatic carbocycles. The molecule has 0 aromatic carbocycles. The van der Waals surface area contributed by atoms with Gasteiger partial charge in [0.15, 0.2) is 0 Å². The first-order chi connectivity index (χ1) is 5.26. The van der Waals surface area contributed by atoms with E-state index in [1.54, 1.807) is 0 Å². The molecule has 0 aromatic rings. The summed E-state index contributed by atoms with van der Waals surface area (Å²) in [5, 5.41) is 0. The van der Waals surface area contributed by atoms with Crippen molar-refractivity contribution in [2.45, 2.75) is 40.0 Å². The second kappa shape index (κ2) is 6.20. The van der Waals surface area contributed by atoms with E-state index in [1.807, 2.05) is 18.7 Å². The van der Waals surface area contributed by atoms with Crippen LogP contribution in [-0.2, 0) is 4.79 Å². The Morgan fingerprint density at radius 2 is 1.82 bits per heavy atom. The van der Waals surface area contributed by atoms with E-state index in [4.69, 9.17) is 0 Å². The van der Waals surface area contributed by atoms with Gasteiger partial charge in [0.1, 0.15) is 0 Å². The van der Waals surface area contributed by atoms with Crippen molar-refractivity contribution < 1.29 is 4.79 Å². The topological polar surface area (TPSA) is 20.3 Å². The number of rotatable bonds is 5. The summed E-state index contributed by atoms with van der Waals surface area (Å²) < 4.78 is 0. The Kier molecular flexibility index (Phi) is 5.90. The van der Waals surface area contributed by atoms with Gasteiger partial charge in [0.2, 0.25) is 5.91 Å². The molecule has 0 rings (SSSR count). The summed E-state index contributed by atoms with van der Waals surface area (Å²) in [7, 11) is 0. The van der Waals surface area contributed by atoms with Crippen molar-refractivity contribution >= 4 is 5.91 Å². The number of carbonyl (C=O) groups is 1. The first-order valence-electron chi connectivity index (χ1n) is 4.54. The Hall–Kier alpha value is -0.530. The molecule has 2 heteroatoms. The first kappa shape index (κ1) is 10.5. The van der Waals surface area contributed by atoms with Crippen molar-refractivity contribution in [3.8, 4) is 0 Å². The molecule has 0 fully saturated rings. The zero-order valence-corrected chi connectivity index (χ0v) is 7.89. The van der Waals surface area contributed by atoms with E-state index in [9.17, 15) is 4.79 Å². The zero-order valence-electron chi connectivity index (χ0n) is 7.89. The predicted molar refractivity (Wildman–Crippen MR) is 47.5 cm³/mol. The van der Waals surface area contributed by atoms with Crippen molar-refractivity contribution in [2.24, 2.45) is 0 Å². The molecular formula is C9H19NO. The SMILES string of the molecule is CCCC(=O)N(CC)CCC. The minimum Gasteiger partial charge on any atom is -0.343 e.